The fourth-order valence-electron chi connectivity index (χ4n) is 7.31. The SMILES string of the molecule is CC[C@H]1[C@@H]2CCC3=CC(=O)CC[C@]3(C)[C@H]2[C@@H](O)C[C@]1(C)[C@@](C)(O)C(=O)COC(=O)CSC[C@H](N)C=O. The Morgan fingerprint density at radius 3 is 2.69 bits per heavy atom. The van der Waals surface area contributed by atoms with Crippen LogP contribution in [-0.2, 0) is 23.9 Å². The highest BCUT2D eigenvalue weighted by Gasteiger charge is 2.63. The number of aldehydes is 1. The van der Waals surface area contributed by atoms with Gasteiger partial charge in [0.15, 0.2) is 12.4 Å². The molecule has 202 valence electrons. The van der Waals surface area contributed by atoms with Gasteiger partial charge in [-0.05, 0) is 61.9 Å². The molecule has 3 aliphatic carbocycles. The van der Waals surface area contributed by atoms with Crippen molar-refractivity contribution in [2.45, 2.75) is 84.0 Å². The number of rotatable bonds is 10. The van der Waals surface area contributed by atoms with Gasteiger partial charge in [0, 0.05) is 17.6 Å². The lowest BCUT2D eigenvalue weighted by Gasteiger charge is -2.62. The number of thioether (sulfide) groups is 1. The predicted octanol–water partition coefficient (Wildman–Crippen LogP) is 2.23. The van der Waals surface area contributed by atoms with Gasteiger partial charge in [-0.1, -0.05) is 32.8 Å². The average molecular weight is 524 g/mol. The second kappa shape index (κ2) is 11.1. The maximum absolute atomic E-state index is 13.2. The number of ketones is 2. The molecule has 2 fully saturated rings. The first-order valence-electron chi connectivity index (χ1n) is 12.9. The highest BCUT2D eigenvalue weighted by Crippen LogP contribution is 2.64. The molecule has 0 aromatic carbocycles. The Labute approximate surface area is 217 Å². The topological polar surface area (TPSA) is 144 Å². The molecule has 36 heavy (non-hydrogen) atoms. The quantitative estimate of drug-likeness (QED) is 0.290. The Kier molecular flexibility index (Phi) is 8.91. The monoisotopic (exact) mass is 523 g/mol. The summed E-state index contributed by atoms with van der Waals surface area (Å²) in [6.45, 7) is 7.00. The molecule has 0 spiro atoms. The van der Waals surface area contributed by atoms with E-state index in [4.69, 9.17) is 10.5 Å². The second-order valence-electron chi connectivity index (χ2n) is 11.5. The van der Waals surface area contributed by atoms with Crippen LogP contribution in [0.25, 0.3) is 0 Å². The predicted molar refractivity (Wildman–Crippen MR) is 137 cm³/mol. The van der Waals surface area contributed by atoms with Gasteiger partial charge in [-0.25, -0.2) is 0 Å². The van der Waals surface area contributed by atoms with Gasteiger partial charge in [0.25, 0.3) is 0 Å². The van der Waals surface area contributed by atoms with Crippen LogP contribution in [-0.4, -0.2) is 69.9 Å². The van der Waals surface area contributed by atoms with Crippen molar-refractivity contribution in [1.82, 2.24) is 0 Å². The van der Waals surface area contributed by atoms with Crippen molar-refractivity contribution in [1.29, 1.82) is 0 Å². The fourth-order valence-corrected chi connectivity index (χ4v) is 8.03. The minimum absolute atomic E-state index is 0.0306. The zero-order valence-electron chi connectivity index (χ0n) is 21.8. The molecule has 0 bridgehead atoms. The van der Waals surface area contributed by atoms with Crippen LogP contribution in [0.5, 0.6) is 0 Å². The molecule has 0 aliphatic heterocycles. The van der Waals surface area contributed by atoms with E-state index in [1.54, 1.807) is 6.08 Å². The van der Waals surface area contributed by atoms with Gasteiger partial charge in [-0.3, -0.25) is 14.4 Å². The van der Waals surface area contributed by atoms with Crippen molar-refractivity contribution in [3.8, 4) is 0 Å². The number of nitrogens with two attached hydrogens (primary N) is 1. The number of aliphatic hydroxyl groups excluding tert-OH is 1. The summed E-state index contributed by atoms with van der Waals surface area (Å²) in [7, 11) is 0. The lowest BCUT2D eigenvalue weighted by molar-refractivity contribution is -0.200. The van der Waals surface area contributed by atoms with Crippen molar-refractivity contribution < 1.29 is 34.1 Å². The van der Waals surface area contributed by atoms with E-state index < -0.39 is 41.5 Å². The summed E-state index contributed by atoms with van der Waals surface area (Å²) in [5.74, 6) is -0.817. The molecule has 4 N–H and O–H groups in total. The van der Waals surface area contributed by atoms with Crippen LogP contribution in [0, 0.1) is 28.6 Å². The van der Waals surface area contributed by atoms with E-state index in [9.17, 15) is 29.4 Å². The zero-order valence-corrected chi connectivity index (χ0v) is 22.6. The van der Waals surface area contributed by atoms with Gasteiger partial charge in [0.2, 0.25) is 5.78 Å². The molecule has 8 nitrogen and oxygen atoms in total. The number of ether oxygens (including phenoxy) is 1. The summed E-state index contributed by atoms with van der Waals surface area (Å²) < 4.78 is 5.14. The Bertz CT molecular complexity index is 918. The van der Waals surface area contributed by atoms with E-state index in [0.717, 1.165) is 36.6 Å². The number of aliphatic hydroxyl groups is 2. The smallest absolute Gasteiger partial charge is 0.316 e. The van der Waals surface area contributed by atoms with Crippen molar-refractivity contribution in [2.24, 2.45) is 34.3 Å². The average Bonchev–Trinajstić information content (AvgIpc) is 2.82. The van der Waals surface area contributed by atoms with Gasteiger partial charge in [-0.15, -0.1) is 11.8 Å². The van der Waals surface area contributed by atoms with Crippen LogP contribution >= 0.6 is 11.8 Å². The van der Waals surface area contributed by atoms with Crippen molar-refractivity contribution in [3.63, 3.8) is 0 Å². The van der Waals surface area contributed by atoms with E-state index in [1.807, 2.05) is 6.92 Å². The number of Topliss-reactive ketones (excluding diaryl/α,β-unsaturated/α-hetero) is 1. The molecule has 9 heteroatoms. The molecule has 0 saturated heterocycles. The Morgan fingerprint density at radius 2 is 2.06 bits per heavy atom. The summed E-state index contributed by atoms with van der Waals surface area (Å²) in [6, 6.07) is -0.666. The van der Waals surface area contributed by atoms with E-state index >= 15 is 0 Å². The highest BCUT2D eigenvalue weighted by atomic mass is 32.2. The maximum atomic E-state index is 13.2. The van der Waals surface area contributed by atoms with E-state index in [2.05, 4.69) is 13.8 Å². The van der Waals surface area contributed by atoms with Crippen molar-refractivity contribution in [3.05, 3.63) is 11.6 Å². The molecule has 0 aromatic rings. The van der Waals surface area contributed by atoms with Gasteiger partial charge >= 0.3 is 5.97 Å². The first-order valence-corrected chi connectivity index (χ1v) is 14.1. The third kappa shape index (κ3) is 5.22. The van der Waals surface area contributed by atoms with Crippen LogP contribution in [0.1, 0.15) is 66.2 Å². The summed E-state index contributed by atoms with van der Waals surface area (Å²) in [5.41, 5.74) is 3.63. The third-order valence-corrected chi connectivity index (χ3v) is 10.5. The maximum Gasteiger partial charge on any atom is 0.316 e. The Balaban J connectivity index is 1.75. The number of hydrogen-bond donors (Lipinski definition) is 3. The first-order chi connectivity index (χ1) is 16.8. The summed E-state index contributed by atoms with van der Waals surface area (Å²) in [5, 5.41) is 23.1. The minimum atomic E-state index is -1.81. The molecule has 0 radical (unpaired) electrons. The van der Waals surface area contributed by atoms with Crippen molar-refractivity contribution >= 4 is 35.6 Å². The summed E-state index contributed by atoms with van der Waals surface area (Å²) >= 11 is 1.14. The van der Waals surface area contributed by atoms with E-state index in [-0.39, 0.29) is 46.9 Å². The number of hydrogen-bond acceptors (Lipinski definition) is 9. The molecule has 0 amide bonds. The number of carbonyl (C=O) groups excluding carboxylic acids is 4. The van der Waals surface area contributed by atoms with Gasteiger partial charge in [0.1, 0.15) is 11.9 Å². The normalized spacial score (nSPS) is 36.5. The minimum Gasteiger partial charge on any atom is -0.457 e. The molecular formula is C27H41NO7S. The zero-order chi connectivity index (χ0) is 26.9. The second-order valence-corrected chi connectivity index (χ2v) is 12.5. The van der Waals surface area contributed by atoms with Gasteiger partial charge in [-0.2, -0.15) is 0 Å². The molecule has 0 heterocycles. The van der Waals surface area contributed by atoms with Crippen LogP contribution in [0.15, 0.2) is 11.6 Å². The van der Waals surface area contributed by atoms with Crippen molar-refractivity contribution in [2.75, 3.05) is 18.1 Å². The molecular weight excluding hydrogens is 482 g/mol. The number of fused-ring (bicyclic) bond motifs is 3. The summed E-state index contributed by atoms with van der Waals surface area (Å²) in [6.07, 6.45) is 5.39. The molecule has 3 rings (SSSR count). The van der Waals surface area contributed by atoms with Crippen LogP contribution < -0.4 is 5.73 Å². The third-order valence-electron chi connectivity index (χ3n) is 9.45. The standard InChI is InChI=1S/C27H41NO7S/c1-5-20-19-7-6-16-10-18(30)8-9-25(16,2)24(19)21(31)11-26(20,3)27(4,34)22(32)13-35-23(33)15-36-14-17(28)12-29/h10,12,17,19-21,24,31,34H,5-9,11,13-15,28H2,1-4H3/t17-,19+,20+,21+,24-,25+,26+,27+/m1/s1. The molecule has 2 saturated carbocycles. The van der Waals surface area contributed by atoms with Gasteiger partial charge < -0.3 is 25.5 Å². The number of esters is 1. The van der Waals surface area contributed by atoms with Crippen LogP contribution in [0.2, 0.25) is 0 Å². The Hall–Kier alpha value is -1.55. The number of allylic oxidation sites excluding steroid dienone is 2. The first kappa shape index (κ1) is 29.0. The fraction of sp³-hybridized carbons (Fsp3) is 0.778. The summed E-state index contributed by atoms with van der Waals surface area (Å²) in [4.78, 5) is 48.0. The largest absolute Gasteiger partial charge is 0.457 e. The molecule has 3 aliphatic rings. The van der Waals surface area contributed by atoms with E-state index in [1.165, 1.54) is 6.92 Å². The van der Waals surface area contributed by atoms with Gasteiger partial charge in [0.05, 0.1) is 17.9 Å². The molecule has 0 aromatic heterocycles. The molecule has 8 atom stereocenters. The van der Waals surface area contributed by atoms with Crippen LogP contribution in [0.3, 0.4) is 0 Å². The highest BCUT2D eigenvalue weighted by molar-refractivity contribution is 8.00. The van der Waals surface area contributed by atoms with E-state index in [0.29, 0.717) is 19.1 Å². The molecule has 0 unspecified atom stereocenters. The number of carbonyl (C=O) groups is 4. The lowest BCUT2D eigenvalue weighted by atomic mass is 9.43. The Morgan fingerprint density at radius 1 is 1.36 bits per heavy atom. The lowest BCUT2D eigenvalue weighted by Crippen LogP contribution is -2.64. The van der Waals surface area contributed by atoms with Crippen LogP contribution in [0.4, 0.5) is 0 Å².